The van der Waals surface area contributed by atoms with Crippen LogP contribution in [0, 0.1) is 0 Å². The molecule has 8 nitrogen and oxygen atoms in total. The number of methoxy groups -OCH3 is 1. The molecule has 4 aromatic carbocycles. The number of rotatable bonds is 12. The van der Waals surface area contributed by atoms with Gasteiger partial charge < -0.3 is 20.7 Å². The molecule has 0 aliphatic heterocycles. The van der Waals surface area contributed by atoms with Gasteiger partial charge >= 0.3 is 0 Å². The second kappa shape index (κ2) is 15.7. The molecule has 0 radical (unpaired) electrons. The first-order valence-electron chi connectivity index (χ1n) is 14.5. The van der Waals surface area contributed by atoms with Gasteiger partial charge in [0.25, 0.3) is 11.8 Å². The molecule has 1 unspecified atom stereocenters. The molecule has 0 aliphatic carbocycles. The number of ether oxygens (including phenoxy) is 1. The Morgan fingerprint density at radius 2 is 1.61 bits per heavy atom. The second-order valence-electron chi connectivity index (χ2n) is 10.0. The summed E-state index contributed by atoms with van der Waals surface area (Å²) in [6.07, 6.45) is 2.21. The Labute approximate surface area is 275 Å². The lowest BCUT2D eigenvalue weighted by Crippen LogP contribution is -2.30. The van der Waals surface area contributed by atoms with Gasteiger partial charge in [-0.1, -0.05) is 73.7 Å². The van der Waals surface area contributed by atoms with E-state index in [1.54, 1.807) is 49.6 Å². The largest absolute Gasteiger partial charge is 0.496 e. The van der Waals surface area contributed by atoms with Gasteiger partial charge in [0, 0.05) is 27.1 Å². The number of nitrogens with one attached hydrogen (secondary N) is 3. The number of hydrogen-bond acceptors (Lipinski definition) is 7. The highest BCUT2D eigenvalue weighted by Gasteiger charge is 2.21. The number of amides is 3. The van der Waals surface area contributed by atoms with E-state index in [1.807, 2.05) is 85.1 Å². The summed E-state index contributed by atoms with van der Waals surface area (Å²) in [6.45, 7) is 1.95. The lowest BCUT2D eigenvalue weighted by molar-refractivity contribution is -0.116. The van der Waals surface area contributed by atoms with E-state index in [9.17, 15) is 14.4 Å². The molecule has 0 saturated carbocycles. The van der Waals surface area contributed by atoms with Gasteiger partial charge in [0.2, 0.25) is 5.91 Å². The van der Waals surface area contributed by atoms with Gasteiger partial charge in [-0.2, -0.15) is 0 Å². The molecule has 0 spiro atoms. The average Bonchev–Trinajstić information content (AvgIpc) is 3.56. The first kappa shape index (κ1) is 32.2. The number of thiazole rings is 1. The van der Waals surface area contributed by atoms with Crippen LogP contribution in [0.1, 0.15) is 29.3 Å². The van der Waals surface area contributed by atoms with Crippen molar-refractivity contribution in [2.45, 2.75) is 23.5 Å². The van der Waals surface area contributed by atoms with Crippen molar-refractivity contribution in [3.8, 4) is 17.0 Å². The van der Waals surface area contributed by atoms with Crippen molar-refractivity contribution in [3.63, 3.8) is 0 Å². The summed E-state index contributed by atoms with van der Waals surface area (Å²) < 4.78 is 5.45. The summed E-state index contributed by atoms with van der Waals surface area (Å²) in [5, 5.41) is 10.6. The van der Waals surface area contributed by atoms with Gasteiger partial charge in [0.1, 0.15) is 11.4 Å². The number of anilines is 2. The van der Waals surface area contributed by atoms with Crippen molar-refractivity contribution in [2.75, 3.05) is 17.7 Å². The van der Waals surface area contributed by atoms with Gasteiger partial charge in [-0.05, 0) is 60.5 Å². The maximum Gasteiger partial charge on any atom is 0.272 e. The molecule has 0 saturated heterocycles. The van der Waals surface area contributed by atoms with Crippen LogP contribution in [0.5, 0.6) is 5.75 Å². The molecule has 10 heteroatoms. The fourth-order valence-electron chi connectivity index (χ4n) is 4.49. The van der Waals surface area contributed by atoms with E-state index in [2.05, 4.69) is 20.9 Å². The van der Waals surface area contributed by atoms with Crippen molar-refractivity contribution in [3.05, 3.63) is 131 Å². The van der Waals surface area contributed by atoms with Crippen LogP contribution < -0.4 is 20.7 Å². The molecule has 0 aliphatic rings. The highest BCUT2D eigenvalue weighted by molar-refractivity contribution is 8.00. The lowest BCUT2D eigenvalue weighted by atomic mass is 10.1. The zero-order valence-corrected chi connectivity index (χ0v) is 26.9. The monoisotopic (exact) mass is 648 g/mol. The van der Waals surface area contributed by atoms with Gasteiger partial charge in [-0.15, -0.1) is 23.1 Å². The second-order valence-corrected chi connectivity index (χ2v) is 12.1. The molecule has 1 atom stereocenters. The minimum Gasteiger partial charge on any atom is -0.496 e. The lowest BCUT2D eigenvalue weighted by Gasteiger charge is -2.15. The molecular formula is C36H32N4O4S2. The predicted molar refractivity (Wildman–Crippen MR) is 186 cm³/mol. The van der Waals surface area contributed by atoms with E-state index < -0.39 is 17.1 Å². The van der Waals surface area contributed by atoms with Crippen LogP contribution in [0.3, 0.4) is 0 Å². The summed E-state index contributed by atoms with van der Waals surface area (Å²) in [5.41, 5.74) is 3.40. The standard InChI is InChI=1S/C36H32N4O4S2/c1-3-32(35(43)40-36-39-30(23-45-36)28-19-10-11-20-31(28)44-2)46-27-18-12-17-26(22-27)37-34(42)29(21-24-13-6-4-7-14-24)38-33(41)25-15-8-5-9-16-25/h4-23,32H,3H2,1-2H3,(H,37,42)(H,38,41)(H,39,40,43)/b29-21-. The van der Waals surface area contributed by atoms with E-state index in [-0.39, 0.29) is 11.6 Å². The maximum absolute atomic E-state index is 13.5. The Hall–Kier alpha value is -5.19. The fraction of sp³-hybridized carbons (Fsp3) is 0.111. The minimum atomic E-state index is -0.477. The van der Waals surface area contributed by atoms with Crippen molar-refractivity contribution in [2.24, 2.45) is 0 Å². The summed E-state index contributed by atoms with van der Waals surface area (Å²) in [7, 11) is 1.61. The summed E-state index contributed by atoms with van der Waals surface area (Å²) in [4.78, 5) is 45.0. The van der Waals surface area contributed by atoms with Crippen LogP contribution in [0.25, 0.3) is 17.3 Å². The molecule has 3 amide bonds. The summed E-state index contributed by atoms with van der Waals surface area (Å²) in [5.74, 6) is -0.329. The molecule has 5 aromatic rings. The van der Waals surface area contributed by atoms with Crippen LogP contribution in [-0.4, -0.2) is 35.1 Å². The number of carbonyl (C=O) groups is 3. The van der Waals surface area contributed by atoms with E-state index in [0.29, 0.717) is 28.6 Å². The third-order valence-corrected chi connectivity index (χ3v) is 8.91. The van der Waals surface area contributed by atoms with Crippen LogP contribution in [0.15, 0.2) is 125 Å². The van der Waals surface area contributed by atoms with E-state index >= 15 is 0 Å². The Bertz CT molecular complexity index is 1840. The Morgan fingerprint density at radius 3 is 2.35 bits per heavy atom. The van der Waals surface area contributed by atoms with Gasteiger partial charge in [-0.25, -0.2) is 4.98 Å². The third kappa shape index (κ3) is 8.50. The minimum absolute atomic E-state index is 0.0971. The van der Waals surface area contributed by atoms with Crippen molar-refractivity contribution in [1.29, 1.82) is 0 Å². The number of carbonyl (C=O) groups excluding carboxylic acids is 3. The number of aromatic nitrogens is 1. The molecule has 1 heterocycles. The topological polar surface area (TPSA) is 109 Å². The predicted octanol–water partition coefficient (Wildman–Crippen LogP) is 7.74. The van der Waals surface area contributed by atoms with Crippen LogP contribution in [-0.2, 0) is 9.59 Å². The molecule has 3 N–H and O–H groups in total. The molecule has 0 bridgehead atoms. The third-order valence-electron chi connectivity index (χ3n) is 6.79. The van der Waals surface area contributed by atoms with Gasteiger partial charge in [0.15, 0.2) is 5.13 Å². The molecule has 5 rings (SSSR count). The number of para-hydroxylation sites is 1. The van der Waals surface area contributed by atoms with E-state index in [0.717, 1.165) is 21.7 Å². The van der Waals surface area contributed by atoms with Crippen molar-refractivity contribution in [1.82, 2.24) is 10.3 Å². The quantitative estimate of drug-likeness (QED) is 0.0944. The number of nitrogens with zero attached hydrogens (tertiary/aromatic N) is 1. The van der Waals surface area contributed by atoms with Crippen LogP contribution in [0.4, 0.5) is 10.8 Å². The van der Waals surface area contributed by atoms with E-state index in [1.165, 1.54) is 23.1 Å². The summed E-state index contributed by atoms with van der Waals surface area (Å²) >= 11 is 2.75. The normalized spacial score (nSPS) is 11.7. The highest BCUT2D eigenvalue weighted by atomic mass is 32.2. The zero-order valence-electron chi connectivity index (χ0n) is 25.2. The molecule has 0 fully saturated rings. The maximum atomic E-state index is 13.5. The number of thioether (sulfide) groups is 1. The zero-order chi connectivity index (χ0) is 32.3. The Morgan fingerprint density at radius 1 is 0.891 bits per heavy atom. The first-order valence-corrected chi connectivity index (χ1v) is 16.3. The van der Waals surface area contributed by atoms with Crippen LogP contribution >= 0.6 is 23.1 Å². The number of hydrogen-bond donors (Lipinski definition) is 3. The van der Waals surface area contributed by atoms with Crippen molar-refractivity contribution < 1.29 is 19.1 Å². The Balaban J connectivity index is 1.26. The SMILES string of the molecule is CCC(Sc1cccc(NC(=O)/C(=C/c2ccccc2)NC(=O)c2ccccc2)c1)C(=O)Nc1nc(-c2ccccc2OC)cs1. The summed E-state index contributed by atoms with van der Waals surface area (Å²) in [6, 6.07) is 32.9. The fourth-order valence-corrected chi connectivity index (χ4v) is 6.21. The van der Waals surface area contributed by atoms with Crippen LogP contribution in [0.2, 0.25) is 0 Å². The van der Waals surface area contributed by atoms with Crippen molar-refractivity contribution >= 4 is 57.7 Å². The van der Waals surface area contributed by atoms with Gasteiger partial charge in [-0.3, -0.25) is 14.4 Å². The molecule has 46 heavy (non-hydrogen) atoms. The molecule has 1 aromatic heterocycles. The highest BCUT2D eigenvalue weighted by Crippen LogP contribution is 2.33. The average molecular weight is 649 g/mol. The van der Waals surface area contributed by atoms with Gasteiger partial charge in [0.05, 0.1) is 18.1 Å². The first-order chi connectivity index (χ1) is 22.4. The molecular weight excluding hydrogens is 617 g/mol. The van der Waals surface area contributed by atoms with E-state index in [4.69, 9.17) is 4.74 Å². The number of benzene rings is 4. The smallest absolute Gasteiger partial charge is 0.272 e. The molecule has 232 valence electrons. The Kier molecular flexibility index (Phi) is 11.0.